The Balaban J connectivity index is 1.85. The molecule has 0 saturated carbocycles. The normalized spacial score (nSPS) is 22.6. The highest BCUT2D eigenvalue weighted by Gasteiger charge is 2.36. The summed E-state index contributed by atoms with van der Waals surface area (Å²) in [6, 6.07) is -0.233. The number of likely N-dealkylation sites (N-methyl/N-ethyl adjacent to an activating group) is 1. The quantitative estimate of drug-likeness (QED) is 0.561. The largest absolute Gasteiger partial charge is 0.338 e. The lowest BCUT2D eigenvalue weighted by atomic mass is 10.1. The molecular weight excluding hydrogens is 278 g/mol. The molecule has 2 saturated heterocycles. The van der Waals surface area contributed by atoms with Gasteiger partial charge in [0.25, 0.3) is 0 Å². The van der Waals surface area contributed by atoms with Gasteiger partial charge in [-0.25, -0.2) is 0 Å². The highest BCUT2D eigenvalue weighted by molar-refractivity contribution is 5.88. The molecule has 5 nitrogen and oxygen atoms in total. The molecule has 1 atom stereocenters. The zero-order chi connectivity index (χ0) is 15.9. The minimum Gasteiger partial charge on any atom is -0.338 e. The Morgan fingerprint density at radius 2 is 1.86 bits per heavy atom. The van der Waals surface area contributed by atoms with Gasteiger partial charge < -0.3 is 14.7 Å². The second kappa shape index (κ2) is 8.19. The SMILES string of the molecule is C#CCCCCC(=O)N1CCC[C@@H]1C(=O)N1CCN(C)CC1. The highest BCUT2D eigenvalue weighted by Crippen LogP contribution is 2.21. The number of carbonyl (C=O) groups excluding carboxylic acids is 2. The zero-order valence-corrected chi connectivity index (χ0v) is 13.6. The molecular formula is C17H27N3O2. The van der Waals surface area contributed by atoms with Crippen molar-refractivity contribution in [2.45, 2.75) is 44.6 Å². The van der Waals surface area contributed by atoms with Gasteiger partial charge in [0, 0.05) is 45.6 Å². The number of rotatable bonds is 5. The zero-order valence-electron chi connectivity index (χ0n) is 13.6. The minimum absolute atomic E-state index is 0.113. The molecule has 0 aromatic carbocycles. The molecule has 0 bridgehead atoms. The van der Waals surface area contributed by atoms with Crippen LogP contribution >= 0.6 is 0 Å². The van der Waals surface area contributed by atoms with Crippen LogP contribution < -0.4 is 0 Å². The van der Waals surface area contributed by atoms with Crippen molar-refractivity contribution in [1.82, 2.24) is 14.7 Å². The van der Waals surface area contributed by atoms with Crippen LogP contribution in [0.15, 0.2) is 0 Å². The molecule has 2 fully saturated rings. The number of carbonyl (C=O) groups is 2. The molecule has 2 aliphatic rings. The van der Waals surface area contributed by atoms with Gasteiger partial charge in [0.05, 0.1) is 0 Å². The van der Waals surface area contributed by atoms with Crippen molar-refractivity contribution < 1.29 is 9.59 Å². The molecule has 0 radical (unpaired) electrons. The Morgan fingerprint density at radius 3 is 2.55 bits per heavy atom. The predicted octanol–water partition coefficient (Wildman–Crippen LogP) is 0.945. The number of likely N-dealkylation sites (tertiary alicyclic amines) is 1. The summed E-state index contributed by atoms with van der Waals surface area (Å²) >= 11 is 0. The fourth-order valence-corrected chi connectivity index (χ4v) is 3.21. The van der Waals surface area contributed by atoms with Crippen LogP contribution in [0.5, 0.6) is 0 Å². The molecule has 122 valence electrons. The second-order valence-corrected chi connectivity index (χ2v) is 6.28. The molecule has 0 aliphatic carbocycles. The van der Waals surface area contributed by atoms with Gasteiger partial charge in [-0.15, -0.1) is 12.3 Å². The maximum atomic E-state index is 12.7. The lowest BCUT2D eigenvalue weighted by molar-refractivity contribution is -0.144. The first-order chi connectivity index (χ1) is 10.6. The monoisotopic (exact) mass is 305 g/mol. The van der Waals surface area contributed by atoms with E-state index in [9.17, 15) is 9.59 Å². The third kappa shape index (κ3) is 4.23. The van der Waals surface area contributed by atoms with Gasteiger partial charge in [-0.05, 0) is 32.7 Å². The number of amides is 2. The maximum absolute atomic E-state index is 12.7. The molecule has 0 aromatic rings. The summed E-state index contributed by atoms with van der Waals surface area (Å²) in [5, 5.41) is 0. The summed E-state index contributed by atoms with van der Waals surface area (Å²) in [7, 11) is 2.07. The standard InChI is InChI=1S/C17H27N3O2/c1-3-4-5-6-9-16(21)20-10-7-8-15(20)17(22)19-13-11-18(2)12-14-19/h1,15H,4-14H2,2H3/t15-/m1/s1. The van der Waals surface area contributed by atoms with E-state index in [1.54, 1.807) is 4.90 Å². The topological polar surface area (TPSA) is 43.9 Å². The Kier molecular flexibility index (Phi) is 6.26. The predicted molar refractivity (Wildman–Crippen MR) is 86.1 cm³/mol. The van der Waals surface area contributed by atoms with Crippen LogP contribution in [0.25, 0.3) is 0 Å². The summed E-state index contributed by atoms with van der Waals surface area (Å²) in [6.45, 7) is 4.10. The van der Waals surface area contributed by atoms with Gasteiger partial charge >= 0.3 is 0 Å². The van der Waals surface area contributed by atoms with Gasteiger partial charge in [-0.1, -0.05) is 0 Å². The molecule has 0 spiro atoms. The van der Waals surface area contributed by atoms with E-state index in [2.05, 4.69) is 17.9 Å². The fourth-order valence-electron chi connectivity index (χ4n) is 3.21. The number of hydrogen-bond donors (Lipinski definition) is 0. The summed E-state index contributed by atoms with van der Waals surface area (Å²) in [5.74, 6) is 2.85. The average molecular weight is 305 g/mol. The third-order valence-electron chi connectivity index (χ3n) is 4.63. The number of terminal acetylenes is 1. The van der Waals surface area contributed by atoms with Gasteiger partial charge in [0.15, 0.2) is 0 Å². The van der Waals surface area contributed by atoms with Crippen molar-refractivity contribution in [2.75, 3.05) is 39.8 Å². The van der Waals surface area contributed by atoms with Crippen molar-refractivity contribution in [3.8, 4) is 12.3 Å². The van der Waals surface area contributed by atoms with Gasteiger partial charge in [-0.3, -0.25) is 9.59 Å². The number of nitrogens with zero attached hydrogens (tertiary/aromatic N) is 3. The van der Waals surface area contributed by atoms with E-state index in [1.165, 1.54) is 0 Å². The van der Waals surface area contributed by atoms with E-state index in [0.29, 0.717) is 6.42 Å². The maximum Gasteiger partial charge on any atom is 0.245 e. The van der Waals surface area contributed by atoms with Crippen LogP contribution in [0.4, 0.5) is 0 Å². The molecule has 2 rings (SSSR count). The van der Waals surface area contributed by atoms with E-state index in [0.717, 1.165) is 64.8 Å². The van der Waals surface area contributed by atoms with Crippen LogP contribution in [0.2, 0.25) is 0 Å². The van der Waals surface area contributed by atoms with Crippen LogP contribution in [-0.4, -0.2) is 72.3 Å². The highest BCUT2D eigenvalue weighted by atomic mass is 16.2. The lowest BCUT2D eigenvalue weighted by Crippen LogP contribution is -2.53. The van der Waals surface area contributed by atoms with Crippen LogP contribution in [0.1, 0.15) is 38.5 Å². The Labute approximate surface area is 133 Å². The average Bonchev–Trinajstić information content (AvgIpc) is 3.01. The summed E-state index contributed by atoms with van der Waals surface area (Å²) in [5.41, 5.74) is 0. The van der Waals surface area contributed by atoms with Crippen LogP contribution in [0, 0.1) is 12.3 Å². The van der Waals surface area contributed by atoms with Crippen LogP contribution in [-0.2, 0) is 9.59 Å². The second-order valence-electron chi connectivity index (χ2n) is 6.28. The molecule has 0 unspecified atom stereocenters. The van der Waals surface area contributed by atoms with Crippen molar-refractivity contribution in [1.29, 1.82) is 0 Å². The summed E-state index contributed by atoms with van der Waals surface area (Å²) in [4.78, 5) is 31.0. The summed E-state index contributed by atoms with van der Waals surface area (Å²) < 4.78 is 0. The van der Waals surface area contributed by atoms with E-state index in [4.69, 9.17) is 6.42 Å². The molecule has 5 heteroatoms. The number of hydrogen-bond acceptors (Lipinski definition) is 3. The smallest absolute Gasteiger partial charge is 0.245 e. The molecule has 0 N–H and O–H groups in total. The lowest BCUT2D eigenvalue weighted by Gasteiger charge is -2.35. The molecule has 2 aliphatic heterocycles. The van der Waals surface area contributed by atoms with E-state index < -0.39 is 0 Å². The Bertz CT molecular complexity index is 436. The first-order valence-corrected chi connectivity index (χ1v) is 8.33. The fraction of sp³-hybridized carbons (Fsp3) is 0.765. The van der Waals surface area contributed by atoms with Gasteiger partial charge in [0.1, 0.15) is 6.04 Å². The third-order valence-corrected chi connectivity index (χ3v) is 4.63. The van der Waals surface area contributed by atoms with Gasteiger partial charge in [-0.2, -0.15) is 0 Å². The Morgan fingerprint density at radius 1 is 1.14 bits per heavy atom. The van der Waals surface area contributed by atoms with Gasteiger partial charge in [0.2, 0.25) is 11.8 Å². The number of unbranched alkanes of at least 4 members (excludes halogenated alkanes) is 2. The first kappa shape index (κ1) is 16.8. The molecule has 2 heterocycles. The summed E-state index contributed by atoms with van der Waals surface area (Å²) in [6.07, 6.45) is 9.88. The molecule has 0 aromatic heterocycles. The van der Waals surface area contributed by atoms with E-state index in [1.807, 2.05) is 4.90 Å². The first-order valence-electron chi connectivity index (χ1n) is 8.33. The number of piperazine rings is 1. The van der Waals surface area contributed by atoms with E-state index in [-0.39, 0.29) is 17.9 Å². The minimum atomic E-state index is -0.233. The van der Waals surface area contributed by atoms with Crippen molar-refractivity contribution >= 4 is 11.8 Å². The van der Waals surface area contributed by atoms with Crippen LogP contribution in [0.3, 0.4) is 0 Å². The van der Waals surface area contributed by atoms with Crippen molar-refractivity contribution in [3.63, 3.8) is 0 Å². The molecule has 2 amide bonds. The van der Waals surface area contributed by atoms with Crippen molar-refractivity contribution in [3.05, 3.63) is 0 Å². The molecule has 22 heavy (non-hydrogen) atoms. The Hall–Kier alpha value is -1.54. The van der Waals surface area contributed by atoms with E-state index >= 15 is 0 Å². The van der Waals surface area contributed by atoms with Crippen molar-refractivity contribution in [2.24, 2.45) is 0 Å².